The van der Waals surface area contributed by atoms with E-state index in [9.17, 15) is 4.79 Å². The second-order valence-corrected chi connectivity index (χ2v) is 4.87. The maximum Gasteiger partial charge on any atom is 0.339 e. The molecule has 112 valence electrons. The number of carbonyl (C=O) groups is 1. The van der Waals surface area contributed by atoms with Gasteiger partial charge in [0.15, 0.2) is 0 Å². The van der Waals surface area contributed by atoms with Crippen LogP contribution in [0.25, 0.3) is 0 Å². The fraction of sp³-hybridized carbons (Fsp3) is 0.429. The zero-order chi connectivity index (χ0) is 15.2. The van der Waals surface area contributed by atoms with E-state index in [1.807, 2.05) is 24.6 Å². The van der Waals surface area contributed by atoms with E-state index in [-0.39, 0.29) is 5.56 Å². The molecule has 7 heteroatoms. The van der Waals surface area contributed by atoms with Crippen molar-refractivity contribution < 1.29 is 9.90 Å². The number of rotatable bonds is 7. The summed E-state index contributed by atoms with van der Waals surface area (Å²) in [6, 6.07) is 2.05. The predicted octanol–water partition coefficient (Wildman–Crippen LogP) is 1.17. The van der Waals surface area contributed by atoms with Gasteiger partial charge in [-0.25, -0.2) is 14.8 Å². The molecule has 2 N–H and O–H groups in total. The molecule has 0 spiro atoms. The predicted molar refractivity (Wildman–Crippen MR) is 77.0 cm³/mol. The van der Waals surface area contributed by atoms with Crippen molar-refractivity contribution in [2.24, 2.45) is 0 Å². The standard InChI is InChI=1S/C14H19N5O2/c1-10-6-11(2)19(18-10)5-3-4-15-8-13-12(14(20)21)7-16-9-17-13/h6-7,9,15H,3-5,8H2,1-2H3,(H,20,21). The SMILES string of the molecule is Cc1cc(C)n(CCCNCc2ncncc2C(=O)O)n1. The van der Waals surface area contributed by atoms with Crippen molar-refractivity contribution in [2.75, 3.05) is 6.54 Å². The van der Waals surface area contributed by atoms with E-state index < -0.39 is 5.97 Å². The zero-order valence-electron chi connectivity index (χ0n) is 12.2. The van der Waals surface area contributed by atoms with Gasteiger partial charge in [-0.3, -0.25) is 4.68 Å². The van der Waals surface area contributed by atoms with Crippen LogP contribution >= 0.6 is 0 Å². The molecule has 0 aliphatic heterocycles. The molecular formula is C14H19N5O2. The molecule has 0 saturated carbocycles. The van der Waals surface area contributed by atoms with Crippen molar-refractivity contribution in [1.82, 2.24) is 25.1 Å². The molecule has 2 heterocycles. The van der Waals surface area contributed by atoms with Crippen LogP contribution in [0.1, 0.15) is 33.9 Å². The van der Waals surface area contributed by atoms with Crippen LogP contribution in [0, 0.1) is 13.8 Å². The molecule has 2 aromatic rings. The van der Waals surface area contributed by atoms with Crippen LogP contribution in [0.5, 0.6) is 0 Å². The van der Waals surface area contributed by atoms with E-state index in [4.69, 9.17) is 5.11 Å². The van der Waals surface area contributed by atoms with E-state index in [1.165, 1.54) is 12.5 Å². The van der Waals surface area contributed by atoms with E-state index >= 15 is 0 Å². The molecule has 0 fully saturated rings. The molecule has 0 bridgehead atoms. The maximum atomic E-state index is 11.0. The first-order valence-corrected chi connectivity index (χ1v) is 6.82. The van der Waals surface area contributed by atoms with Crippen LogP contribution < -0.4 is 5.32 Å². The lowest BCUT2D eigenvalue weighted by atomic mass is 10.2. The summed E-state index contributed by atoms with van der Waals surface area (Å²) in [6.07, 6.45) is 3.59. The van der Waals surface area contributed by atoms with Gasteiger partial charge in [0, 0.05) is 25.0 Å². The summed E-state index contributed by atoms with van der Waals surface area (Å²) in [5, 5.41) is 16.6. The van der Waals surface area contributed by atoms with Crippen LogP contribution in [-0.2, 0) is 13.1 Å². The summed E-state index contributed by atoms with van der Waals surface area (Å²) < 4.78 is 1.98. The first kappa shape index (κ1) is 15.1. The molecule has 0 saturated heterocycles. The summed E-state index contributed by atoms with van der Waals surface area (Å²) in [4.78, 5) is 18.7. The summed E-state index contributed by atoms with van der Waals surface area (Å²) in [5.74, 6) is -1.00. The summed E-state index contributed by atoms with van der Waals surface area (Å²) in [6.45, 7) is 6.03. The number of nitrogens with one attached hydrogen (secondary N) is 1. The van der Waals surface area contributed by atoms with Crippen LogP contribution in [0.4, 0.5) is 0 Å². The lowest BCUT2D eigenvalue weighted by Crippen LogP contribution is -2.20. The molecule has 2 rings (SSSR count). The highest BCUT2D eigenvalue weighted by atomic mass is 16.4. The average molecular weight is 289 g/mol. The maximum absolute atomic E-state index is 11.0. The number of hydrogen-bond acceptors (Lipinski definition) is 5. The molecule has 0 unspecified atom stereocenters. The highest BCUT2D eigenvalue weighted by Crippen LogP contribution is 2.04. The van der Waals surface area contributed by atoms with E-state index in [0.717, 1.165) is 30.9 Å². The Bertz CT molecular complexity index is 624. The highest BCUT2D eigenvalue weighted by molar-refractivity contribution is 5.88. The van der Waals surface area contributed by atoms with Gasteiger partial charge in [-0.1, -0.05) is 0 Å². The topological polar surface area (TPSA) is 92.9 Å². The van der Waals surface area contributed by atoms with Crippen molar-refractivity contribution in [1.29, 1.82) is 0 Å². The quantitative estimate of drug-likeness (QED) is 0.743. The van der Waals surface area contributed by atoms with E-state index in [1.54, 1.807) is 0 Å². The smallest absolute Gasteiger partial charge is 0.339 e. The molecule has 0 amide bonds. The molecule has 0 aliphatic carbocycles. The summed E-state index contributed by atoms with van der Waals surface area (Å²) in [5.41, 5.74) is 2.82. The summed E-state index contributed by atoms with van der Waals surface area (Å²) in [7, 11) is 0. The van der Waals surface area contributed by atoms with Gasteiger partial charge < -0.3 is 10.4 Å². The molecule has 0 aliphatic rings. The van der Waals surface area contributed by atoms with Gasteiger partial charge in [0.2, 0.25) is 0 Å². The number of hydrogen-bond donors (Lipinski definition) is 2. The highest BCUT2D eigenvalue weighted by Gasteiger charge is 2.10. The number of carboxylic acids is 1. The second kappa shape index (κ2) is 6.94. The van der Waals surface area contributed by atoms with Crippen LogP contribution in [0.15, 0.2) is 18.6 Å². The van der Waals surface area contributed by atoms with Crippen molar-refractivity contribution in [2.45, 2.75) is 33.4 Å². The minimum atomic E-state index is -1.00. The van der Waals surface area contributed by atoms with Gasteiger partial charge in [0.1, 0.15) is 11.9 Å². The first-order valence-electron chi connectivity index (χ1n) is 6.82. The van der Waals surface area contributed by atoms with E-state index in [2.05, 4.69) is 20.4 Å². The minimum absolute atomic E-state index is 0.142. The van der Waals surface area contributed by atoms with Crippen molar-refractivity contribution >= 4 is 5.97 Å². The van der Waals surface area contributed by atoms with Crippen molar-refractivity contribution in [3.63, 3.8) is 0 Å². The molecular weight excluding hydrogens is 270 g/mol. The fourth-order valence-corrected chi connectivity index (χ4v) is 2.14. The van der Waals surface area contributed by atoms with Crippen molar-refractivity contribution in [3.05, 3.63) is 41.2 Å². The van der Waals surface area contributed by atoms with Crippen LogP contribution in [0.3, 0.4) is 0 Å². The van der Waals surface area contributed by atoms with Crippen LogP contribution in [0.2, 0.25) is 0 Å². The number of carboxylic acid groups (broad SMARTS) is 1. The second-order valence-electron chi connectivity index (χ2n) is 4.87. The third-order valence-electron chi connectivity index (χ3n) is 3.14. The normalized spacial score (nSPS) is 10.8. The monoisotopic (exact) mass is 289 g/mol. The Labute approximate surface area is 123 Å². The van der Waals surface area contributed by atoms with Gasteiger partial charge in [-0.15, -0.1) is 0 Å². The third-order valence-corrected chi connectivity index (χ3v) is 3.14. The number of aromatic nitrogens is 4. The average Bonchev–Trinajstić information content (AvgIpc) is 2.77. The van der Waals surface area contributed by atoms with Gasteiger partial charge >= 0.3 is 5.97 Å². The molecule has 0 aromatic carbocycles. The Balaban J connectivity index is 1.78. The molecule has 7 nitrogen and oxygen atoms in total. The Morgan fingerprint density at radius 3 is 2.90 bits per heavy atom. The number of nitrogens with zero attached hydrogens (tertiary/aromatic N) is 4. The Kier molecular flexibility index (Phi) is 4.99. The minimum Gasteiger partial charge on any atom is -0.478 e. The Morgan fingerprint density at radius 2 is 2.24 bits per heavy atom. The first-order chi connectivity index (χ1) is 10.1. The van der Waals surface area contributed by atoms with Gasteiger partial charge in [0.25, 0.3) is 0 Å². The largest absolute Gasteiger partial charge is 0.478 e. The summed E-state index contributed by atoms with van der Waals surface area (Å²) >= 11 is 0. The lowest BCUT2D eigenvalue weighted by Gasteiger charge is -2.07. The van der Waals surface area contributed by atoms with Gasteiger partial charge in [0.05, 0.1) is 11.4 Å². The van der Waals surface area contributed by atoms with Gasteiger partial charge in [-0.05, 0) is 32.9 Å². The van der Waals surface area contributed by atoms with E-state index in [0.29, 0.717) is 12.2 Å². The zero-order valence-corrected chi connectivity index (χ0v) is 12.2. The Hall–Kier alpha value is -2.28. The molecule has 0 radical (unpaired) electrons. The third kappa shape index (κ3) is 4.09. The van der Waals surface area contributed by atoms with Crippen molar-refractivity contribution in [3.8, 4) is 0 Å². The lowest BCUT2D eigenvalue weighted by molar-refractivity contribution is 0.0694. The molecule has 21 heavy (non-hydrogen) atoms. The van der Waals surface area contributed by atoms with Gasteiger partial charge in [-0.2, -0.15) is 5.10 Å². The molecule has 2 aromatic heterocycles. The van der Waals surface area contributed by atoms with Crippen LogP contribution in [-0.4, -0.2) is 37.4 Å². The number of aryl methyl sites for hydroxylation is 3. The fourth-order valence-electron chi connectivity index (χ4n) is 2.14. The Morgan fingerprint density at radius 1 is 1.43 bits per heavy atom. The molecule has 0 atom stereocenters. The number of aromatic carboxylic acids is 1.